The molecule has 18 heavy (non-hydrogen) atoms. The molecule has 104 valence electrons. The molecule has 3 heteroatoms. The molecule has 1 aromatic rings. The lowest BCUT2D eigenvalue weighted by molar-refractivity contribution is 0.404. The molecule has 0 aliphatic heterocycles. The third kappa shape index (κ3) is 6.53. The van der Waals surface area contributed by atoms with E-state index in [4.69, 9.17) is 5.73 Å². The van der Waals surface area contributed by atoms with Crippen molar-refractivity contribution in [2.24, 2.45) is 11.7 Å². The van der Waals surface area contributed by atoms with E-state index in [1.165, 1.54) is 41.9 Å². The molecule has 1 heterocycles. The molecule has 0 radical (unpaired) electrons. The monoisotopic (exact) mass is 268 g/mol. The second-order valence-corrected chi connectivity index (χ2v) is 6.44. The first-order valence-corrected chi connectivity index (χ1v) is 8.04. The molecular weight excluding hydrogens is 240 g/mol. The minimum absolute atomic E-state index is 0.839. The number of nitrogens with one attached hydrogen (secondary N) is 1. The van der Waals surface area contributed by atoms with Crippen LogP contribution >= 0.6 is 11.3 Å². The minimum atomic E-state index is 0.839. The SMILES string of the molecule is CCCC(CCN)CCCNCc1ccc(C)s1. The Labute approximate surface area is 116 Å². The normalized spacial score (nSPS) is 12.8. The van der Waals surface area contributed by atoms with E-state index >= 15 is 0 Å². The highest BCUT2D eigenvalue weighted by Gasteiger charge is 2.06. The molecule has 1 atom stereocenters. The minimum Gasteiger partial charge on any atom is -0.330 e. The molecule has 0 saturated heterocycles. The Hall–Kier alpha value is -0.380. The Kier molecular flexibility index (Phi) is 8.31. The summed E-state index contributed by atoms with van der Waals surface area (Å²) < 4.78 is 0. The molecule has 0 saturated carbocycles. The summed E-state index contributed by atoms with van der Waals surface area (Å²) in [6.45, 7) is 7.42. The fourth-order valence-electron chi connectivity index (χ4n) is 2.38. The first kappa shape index (κ1) is 15.7. The van der Waals surface area contributed by atoms with Gasteiger partial charge in [0.1, 0.15) is 0 Å². The highest BCUT2D eigenvalue weighted by Crippen LogP contribution is 2.17. The van der Waals surface area contributed by atoms with Crippen LogP contribution in [0.1, 0.15) is 48.8 Å². The number of hydrogen-bond donors (Lipinski definition) is 2. The van der Waals surface area contributed by atoms with Crippen LogP contribution in [0.25, 0.3) is 0 Å². The highest BCUT2D eigenvalue weighted by molar-refractivity contribution is 7.11. The Balaban J connectivity index is 2.06. The second kappa shape index (κ2) is 9.54. The van der Waals surface area contributed by atoms with Gasteiger partial charge in [0.2, 0.25) is 0 Å². The Morgan fingerprint density at radius 1 is 1.28 bits per heavy atom. The molecule has 1 rings (SSSR count). The maximum atomic E-state index is 5.65. The number of nitrogens with two attached hydrogens (primary N) is 1. The zero-order valence-corrected chi connectivity index (χ0v) is 12.7. The lowest BCUT2D eigenvalue weighted by Crippen LogP contribution is -2.16. The van der Waals surface area contributed by atoms with Gasteiger partial charge in [-0.15, -0.1) is 11.3 Å². The number of aryl methyl sites for hydroxylation is 1. The molecule has 0 fully saturated rings. The van der Waals surface area contributed by atoms with Gasteiger partial charge in [0, 0.05) is 16.3 Å². The number of thiophene rings is 1. The van der Waals surface area contributed by atoms with Gasteiger partial charge in [-0.25, -0.2) is 0 Å². The smallest absolute Gasteiger partial charge is 0.0299 e. The van der Waals surface area contributed by atoms with E-state index in [-0.39, 0.29) is 0 Å². The van der Waals surface area contributed by atoms with Crippen LogP contribution in [0, 0.1) is 12.8 Å². The van der Waals surface area contributed by atoms with Gasteiger partial charge in [-0.2, -0.15) is 0 Å². The summed E-state index contributed by atoms with van der Waals surface area (Å²) in [6, 6.07) is 4.42. The van der Waals surface area contributed by atoms with Crippen LogP contribution in [0.4, 0.5) is 0 Å². The number of rotatable bonds is 10. The van der Waals surface area contributed by atoms with Gasteiger partial charge in [-0.3, -0.25) is 0 Å². The van der Waals surface area contributed by atoms with E-state index in [1.54, 1.807) is 0 Å². The van der Waals surface area contributed by atoms with Gasteiger partial charge in [0.05, 0.1) is 0 Å². The third-order valence-corrected chi connectivity index (χ3v) is 4.33. The van der Waals surface area contributed by atoms with Crippen LogP contribution in [0.2, 0.25) is 0 Å². The third-order valence-electron chi connectivity index (χ3n) is 3.33. The molecule has 3 N–H and O–H groups in total. The first-order valence-electron chi connectivity index (χ1n) is 7.22. The van der Waals surface area contributed by atoms with Crippen molar-refractivity contribution in [1.82, 2.24) is 5.32 Å². The molecule has 0 amide bonds. The lowest BCUT2D eigenvalue weighted by atomic mass is 9.94. The molecule has 1 unspecified atom stereocenters. The molecule has 0 spiro atoms. The van der Waals surface area contributed by atoms with Crippen molar-refractivity contribution < 1.29 is 0 Å². The predicted molar refractivity (Wildman–Crippen MR) is 82.1 cm³/mol. The molecule has 0 aromatic carbocycles. The van der Waals surface area contributed by atoms with Crippen LogP contribution in [-0.4, -0.2) is 13.1 Å². The van der Waals surface area contributed by atoms with Crippen molar-refractivity contribution in [3.63, 3.8) is 0 Å². The Bertz CT molecular complexity index is 303. The van der Waals surface area contributed by atoms with E-state index in [0.29, 0.717) is 0 Å². The standard InChI is InChI=1S/C15H28N2S/c1-3-5-14(9-10-16)6-4-11-17-12-15-8-7-13(2)18-15/h7-8,14,17H,3-6,9-12,16H2,1-2H3. The van der Waals surface area contributed by atoms with Crippen LogP contribution in [-0.2, 0) is 6.54 Å². The van der Waals surface area contributed by atoms with Crippen molar-refractivity contribution in [2.75, 3.05) is 13.1 Å². The average molecular weight is 268 g/mol. The Morgan fingerprint density at radius 2 is 2.11 bits per heavy atom. The van der Waals surface area contributed by atoms with Crippen molar-refractivity contribution in [2.45, 2.75) is 52.5 Å². The summed E-state index contributed by atoms with van der Waals surface area (Å²) in [5.74, 6) is 0.839. The molecule has 0 bridgehead atoms. The quantitative estimate of drug-likeness (QED) is 0.635. The predicted octanol–water partition coefficient (Wildman–Crippen LogP) is 3.69. The summed E-state index contributed by atoms with van der Waals surface area (Å²) in [5.41, 5.74) is 5.65. The Morgan fingerprint density at radius 3 is 2.72 bits per heavy atom. The maximum absolute atomic E-state index is 5.65. The van der Waals surface area contributed by atoms with Gasteiger partial charge in [0.25, 0.3) is 0 Å². The van der Waals surface area contributed by atoms with Crippen LogP contribution in [0.15, 0.2) is 12.1 Å². The zero-order valence-electron chi connectivity index (χ0n) is 11.9. The van der Waals surface area contributed by atoms with Crippen LogP contribution in [0.3, 0.4) is 0 Å². The van der Waals surface area contributed by atoms with E-state index in [2.05, 4.69) is 31.3 Å². The molecule has 1 aromatic heterocycles. The summed E-state index contributed by atoms with van der Waals surface area (Å²) in [4.78, 5) is 2.84. The highest BCUT2D eigenvalue weighted by atomic mass is 32.1. The molecular formula is C15H28N2S. The topological polar surface area (TPSA) is 38.0 Å². The first-order chi connectivity index (χ1) is 8.76. The fourth-order valence-corrected chi connectivity index (χ4v) is 3.24. The summed E-state index contributed by atoms with van der Waals surface area (Å²) >= 11 is 1.89. The van der Waals surface area contributed by atoms with E-state index < -0.39 is 0 Å². The average Bonchev–Trinajstić information content (AvgIpc) is 2.75. The van der Waals surface area contributed by atoms with Gasteiger partial charge >= 0.3 is 0 Å². The summed E-state index contributed by atoms with van der Waals surface area (Å²) in [6.07, 6.45) is 6.41. The van der Waals surface area contributed by atoms with Gasteiger partial charge in [-0.1, -0.05) is 19.8 Å². The molecule has 0 aliphatic carbocycles. The largest absolute Gasteiger partial charge is 0.330 e. The van der Waals surface area contributed by atoms with Crippen molar-refractivity contribution in [3.8, 4) is 0 Å². The van der Waals surface area contributed by atoms with E-state index in [1.807, 2.05) is 11.3 Å². The maximum Gasteiger partial charge on any atom is 0.0299 e. The van der Waals surface area contributed by atoms with Gasteiger partial charge in [0.15, 0.2) is 0 Å². The fraction of sp³-hybridized carbons (Fsp3) is 0.733. The second-order valence-electron chi connectivity index (χ2n) is 5.06. The zero-order chi connectivity index (χ0) is 13.2. The van der Waals surface area contributed by atoms with Crippen molar-refractivity contribution in [1.29, 1.82) is 0 Å². The van der Waals surface area contributed by atoms with Gasteiger partial charge < -0.3 is 11.1 Å². The van der Waals surface area contributed by atoms with Crippen LogP contribution < -0.4 is 11.1 Å². The van der Waals surface area contributed by atoms with Crippen molar-refractivity contribution in [3.05, 3.63) is 21.9 Å². The summed E-state index contributed by atoms with van der Waals surface area (Å²) in [7, 11) is 0. The van der Waals surface area contributed by atoms with Crippen molar-refractivity contribution >= 4 is 11.3 Å². The number of hydrogen-bond acceptors (Lipinski definition) is 3. The van der Waals surface area contributed by atoms with Gasteiger partial charge in [-0.05, 0) is 57.3 Å². The summed E-state index contributed by atoms with van der Waals surface area (Å²) in [5, 5.41) is 3.53. The lowest BCUT2D eigenvalue weighted by Gasteiger charge is -2.14. The van der Waals surface area contributed by atoms with Crippen LogP contribution in [0.5, 0.6) is 0 Å². The molecule has 2 nitrogen and oxygen atoms in total. The van der Waals surface area contributed by atoms with E-state index in [9.17, 15) is 0 Å². The molecule has 0 aliphatic rings. The van der Waals surface area contributed by atoms with E-state index in [0.717, 1.165) is 25.6 Å².